The number of hydrogen-bond donors (Lipinski definition) is 0. The maximum absolute atomic E-state index is 9.22. The molecule has 0 saturated carbocycles. The molecule has 0 aliphatic heterocycles. The van der Waals surface area contributed by atoms with Crippen LogP contribution in [0, 0.1) is 0 Å². The smallest absolute Gasteiger partial charge is 0.260 e. The first-order valence-electron chi connectivity index (χ1n) is 4.55. The second-order valence-corrected chi connectivity index (χ2v) is 3.99. The average molecular weight is 248 g/mol. The largest absolute Gasteiger partial charge is 0.726 e. The van der Waals surface area contributed by atoms with Crippen molar-refractivity contribution >= 4 is 16.6 Å². The Bertz CT molecular complexity index is 436. The lowest BCUT2D eigenvalue weighted by atomic mass is 10.4. The monoisotopic (exact) mass is 248 g/mol. The Hall–Kier alpha value is -1.18. The molecular formula is C9H16N2O4S. The van der Waals surface area contributed by atoms with E-state index in [-0.39, 0.29) is 0 Å². The molecule has 0 saturated heterocycles. The normalized spacial score (nSPS) is 10.5. The summed E-state index contributed by atoms with van der Waals surface area (Å²) < 4.78 is 35.1. The maximum atomic E-state index is 9.22. The highest BCUT2D eigenvalue weighted by Gasteiger charge is 2.07. The molecule has 1 rings (SSSR count). The van der Waals surface area contributed by atoms with E-state index in [1.807, 2.05) is 30.2 Å². The van der Waals surface area contributed by atoms with Crippen LogP contribution in [-0.4, -0.2) is 24.6 Å². The second kappa shape index (κ2) is 6.41. The molecule has 1 aromatic heterocycles. The summed E-state index contributed by atoms with van der Waals surface area (Å²) in [7, 11) is -1.56. The van der Waals surface area contributed by atoms with E-state index in [9.17, 15) is 13.0 Å². The van der Waals surface area contributed by atoms with Gasteiger partial charge in [-0.15, -0.1) is 0 Å². The van der Waals surface area contributed by atoms with E-state index in [4.69, 9.17) is 0 Å². The van der Waals surface area contributed by atoms with E-state index in [0.717, 1.165) is 13.5 Å². The van der Waals surface area contributed by atoms with E-state index in [1.165, 1.54) is 5.82 Å². The van der Waals surface area contributed by atoms with Crippen molar-refractivity contribution < 1.29 is 21.7 Å². The van der Waals surface area contributed by atoms with Crippen molar-refractivity contribution in [1.29, 1.82) is 0 Å². The van der Waals surface area contributed by atoms with Crippen molar-refractivity contribution in [3.8, 4) is 0 Å². The van der Waals surface area contributed by atoms with Crippen LogP contribution in [0.15, 0.2) is 19.0 Å². The fourth-order valence-corrected chi connectivity index (χ4v) is 1.12. The molecule has 0 spiro atoms. The highest BCUT2D eigenvalue weighted by Crippen LogP contribution is 1.94. The Morgan fingerprint density at radius 1 is 1.69 bits per heavy atom. The molecule has 0 bridgehead atoms. The van der Waals surface area contributed by atoms with Crippen molar-refractivity contribution in [1.82, 2.24) is 4.57 Å². The minimum Gasteiger partial charge on any atom is -0.726 e. The van der Waals surface area contributed by atoms with Crippen LogP contribution in [0.3, 0.4) is 0 Å². The second-order valence-electron chi connectivity index (χ2n) is 2.84. The van der Waals surface area contributed by atoms with Crippen molar-refractivity contribution in [3.05, 3.63) is 24.8 Å². The third-order valence-corrected chi connectivity index (χ3v) is 2.28. The zero-order valence-electron chi connectivity index (χ0n) is 9.58. The van der Waals surface area contributed by atoms with Gasteiger partial charge in [0.1, 0.15) is 12.4 Å². The first kappa shape index (κ1) is 14.8. The third kappa shape index (κ3) is 5.06. The highest BCUT2D eigenvalue weighted by molar-refractivity contribution is 7.80. The Kier molecular flexibility index (Phi) is 5.94. The molecule has 0 fully saturated rings. The van der Waals surface area contributed by atoms with Crippen LogP contribution in [-0.2, 0) is 28.1 Å². The molecule has 16 heavy (non-hydrogen) atoms. The number of rotatable bonds is 3. The maximum Gasteiger partial charge on any atom is 0.260 e. The summed E-state index contributed by atoms with van der Waals surface area (Å²) in [4.78, 5) is 0. The minimum absolute atomic E-state index is 0.808. The van der Waals surface area contributed by atoms with E-state index in [1.54, 1.807) is 0 Å². The summed E-state index contributed by atoms with van der Waals surface area (Å²) in [5.74, 6) is 1.27. The molecule has 0 aliphatic rings. The zero-order valence-corrected chi connectivity index (χ0v) is 10.4. The van der Waals surface area contributed by atoms with Gasteiger partial charge in [-0.25, -0.2) is 17.6 Å². The summed E-state index contributed by atoms with van der Waals surface area (Å²) in [6.07, 6.45) is 6.89. The van der Waals surface area contributed by atoms with Gasteiger partial charge in [-0.2, -0.15) is 0 Å². The Morgan fingerprint density at radius 3 is 2.44 bits per heavy atom. The van der Waals surface area contributed by atoms with Crippen molar-refractivity contribution in [2.75, 3.05) is 7.11 Å². The number of aromatic nitrogens is 2. The van der Waals surface area contributed by atoms with Gasteiger partial charge in [0, 0.05) is 6.42 Å². The molecule has 0 unspecified atom stereocenters. The van der Waals surface area contributed by atoms with Crippen LogP contribution in [0.25, 0.3) is 6.20 Å². The first-order valence-corrected chi connectivity index (χ1v) is 5.88. The molecule has 0 atom stereocenters. The van der Waals surface area contributed by atoms with Gasteiger partial charge in [0.05, 0.1) is 20.4 Å². The number of imidazole rings is 1. The topological polar surface area (TPSA) is 75.2 Å². The lowest BCUT2D eigenvalue weighted by Crippen LogP contribution is -2.30. The Labute approximate surface area is 95.7 Å². The van der Waals surface area contributed by atoms with Crippen LogP contribution in [0.2, 0.25) is 0 Å². The van der Waals surface area contributed by atoms with Gasteiger partial charge in [0.15, 0.2) is 0 Å². The molecule has 92 valence electrons. The zero-order chi connectivity index (χ0) is 12.8. The first-order chi connectivity index (χ1) is 7.35. The third-order valence-electron chi connectivity index (χ3n) is 1.87. The standard InChI is InChI=1S/C8H13N2.CH4O4S/c1-4-8-9(3)6-7-10(8)5-2;1-5-6(2,3)4/h5-7H,2,4H2,1,3H3;1H3,(H,2,3,4)/q+1;/p-1. The van der Waals surface area contributed by atoms with Gasteiger partial charge in [0.25, 0.3) is 5.82 Å². The van der Waals surface area contributed by atoms with E-state index >= 15 is 0 Å². The van der Waals surface area contributed by atoms with Crippen molar-refractivity contribution in [3.63, 3.8) is 0 Å². The summed E-state index contributed by atoms with van der Waals surface area (Å²) in [6, 6.07) is 0. The predicted octanol–water partition coefficient (Wildman–Crippen LogP) is 0.0685. The van der Waals surface area contributed by atoms with Crippen LogP contribution in [0.1, 0.15) is 12.7 Å². The van der Waals surface area contributed by atoms with Crippen LogP contribution < -0.4 is 4.57 Å². The fourth-order valence-electron chi connectivity index (χ4n) is 1.12. The van der Waals surface area contributed by atoms with Crippen LogP contribution in [0.5, 0.6) is 0 Å². The lowest BCUT2D eigenvalue weighted by molar-refractivity contribution is -0.678. The molecule has 6 nitrogen and oxygen atoms in total. The fraction of sp³-hybridized carbons (Fsp3) is 0.444. The van der Waals surface area contributed by atoms with E-state index in [0.29, 0.717) is 0 Å². The summed E-state index contributed by atoms with van der Waals surface area (Å²) in [5.41, 5.74) is 0. The summed E-state index contributed by atoms with van der Waals surface area (Å²) in [6.45, 7) is 5.84. The van der Waals surface area contributed by atoms with Crippen LogP contribution in [0.4, 0.5) is 0 Å². The van der Waals surface area contributed by atoms with Gasteiger partial charge >= 0.3 is 0 Å². The number of nitrogens with zero attached hydrogens (tertiary/aromatic N) is 2. The Morgan fingerprint density at radius 2 is 2.19 bits per heavy atom. The molecule has 1 aromatic rings. The van der Waals surface area contributed by atoms with Crippen molar-refractivity contribution in [2.24, 2.45) is 7.05 Å². The highest BCUT2D eigenvalue weighted by atomic mass is 32.3. The van der Waals surface area contributed by atoms with Crippen molar-refractivity contribution in [2.45, 2.75) is 13.3 Å². The molecule has 0 amide bonds. The van der Waals surface area contributed by atoms with Gasteiger partial charge < -0.3 is 4.55 Å². The summed E-state index contributed by atoms with van der Waals surface area (Å²) in [5, 5.41) is 0. The Balaban J connectivity index is 0.000000325. The molecule has 0 aliphatic carbocycles. The van der Waals surface area contributed by atoms with Gasteiger partial charge in [-0.05, 0) is 0 Å². The molecule has 1 heterocycles. The van der Waals surface area contributed by atoms with Gasteiger partial charge in [-0.3, -0.25) is 4.18 Å². The minimum atomic E-state index is -4.41. The number of aryl methyl sites for hydroxylation is 1. The van der Waals surface area contributed by atoms with Crippen LogP contribution >= 0.6 is 0 Å². The van der Waals surface area contributed by atoms with Gasteiger partial charge in [-0.1, -0.05) is 13.5 Å². The lowest BCUT2D eigenvalue weighted by Gasteiger charge is -1.98. The molecule has 0 aromatic carbocycles. The quantitative estimate of drug-likeness (QED) is 0.431. The molecular weight excluding hydrogens is 232 g/mol. The van der Waals surface area contributed by atoms with E-state index < -0.39 is 10.4 Å². The van der Waals surface area contributed by atoms with Gasteiger partial charge in [0.2, 0.25) is 10.4 Å². The SMILES string of the molecule is C=Cn1cc[n+](C)c1CC.COS(=O)(=O)[O-]. The predicted molar refractivity (Wildman–Crippen MR) is 58.1 cm³/mol. The number of hydrogen-bond acceptors (Lipinski definition) is 4. The molecule has 0 radical (unpaired) electrons. The molecule has 7 heteroatoms. The van der Waals surface area contributed by atoms with E-state index in [2.05, 4.69) is 22.3 Å². The molecule has 0 N–H and O–H groups in total. The average Bonchev–Trinajstić information content (AvgIpc) is 2.58. The summed E-state index contributed by atoms with van der Waals surface area (Å²) >= 11 is 0.